The van der Waals surface area contributed by atoms with Crippen LogP contribution in [0.5, 0.6) is 0 Å². The molecular formula is C20H23N3O3. The van der Waals surface area contributed by atoms with Crippen molar-refractivity contribution in [3.8, 4) is 0 Å². The highest BCUT2D eigenvalue weighted by Crippen LogP contribution is 2.20. The van der Waals surface area contributed by atoms with Crippen molar-refractivity contribution in [1.29, 1.82) is 0 Å². The molecule has 0 bridgehead atoms. The van der Waals surface area contributed by atoms with Crippen LogP contribution in [-0.4, -0.2) is 34.6 Å². The summed E-state index contributed by atoms with van der Waals surface area (Å²) in [6, 6.07) is 10.9. The summed E-state index contributed by atoms with van der Waals surface area (Å²) < 4.78 is 5.48. The van der Waals surface area contributed by atoms with E-state index in [9.17, 15) is 9.90 Å². The second-order valence-corrected chi connectivity index (χ2v) is 6.26. The predicted molar refractivity (Wildman–Crippen MR) is 98.8 cm³/mol. The van der Waals surface area contributed by atoms with Gasteiger partial charge in [0.15, 0.2) is 0 Å². The molecule has 0 radical (unpaired) electrons. The van der Waals surface area contributed by atoms with Crippen LogP contribution in [0.4, 0.5) is 0 Å². The van der Waals surface area contributed by atoms with Crippen LogP contribution in [0.25, 0.3) is 0 Å². The van der Waals surface area contributed by atoms with Crippen molar-refractivity contribution in [2.45, 2.75) is 39.0 Å². The van der Waals surface area contributed by atoms with Crippen LogP contribution in [0.2, 0.25) is 0 Å². The Balaban J connectivity index is 1.67. The van der Waals surface area contributed by atoms with Crippen molar-refractivity contribution in [2.75, 3.05) is 6.61 Å². The Kier molecular flexibility index (Phi) is 5.63. The molecular weight excluding hydrogens is 330 g/mol. The summed E-state index contributed by atoms with van der Waals surface area (Å²) in [5, 5.41) is 12.9. The number of aromatic nitrogens is 1. The molecule has 1 aromatic carbocycles. The van der Waals surface area contributed by atoms with Gasteiger partial charge in [-0.25, -0.2) is 4.99 Å². The van der Waals surface area contributed by atoms with Crippen LogP contribution in [0.15, 0.2) is 47.6 Å². The Bertz CT molecular complexity index is 803. The van der Waals surface area contributed by atoms with Gasteiger partial charge in [-0.1, -0.05) is 30.3 Å². The zero-order valence-electron chi connectivity index (χ0n) is 15.0. The first kappa shape index (κ1) is 18.1. The summed E-state index contributed by atoms with van der Waals surface area (Å²) >= 11 is 0. The van der Waals surface area contributed by atoms with E-state index < -0.39 is 12.1 Å². The number of carbonyl (C=O) groups is 1. The lowest BCUT2D eigenvalue weighted by Gasteiger charge is -2.22. The summed E-state index contributed by atoms with van der Waals surface area (Å²) in [6.45, 7) is 4.68. The number of rotatable bonds is 6. The van der Waals surface area contributed by atoms with E-state index in [0.717, 1.165) is 16.7 Å². The molecule has 0 fully saturated rings. The first-order valence-electron chi connectivity index (χ1n) is 8.76. The number of aliphatic hydroxyl groups excluding tert-OH is 1. The number of aliphatic imine (C=N–C) groups is 1. The predicted octanol–water partition coefficient (Wildman–Crippen LogP) is 2.16. The first-order chi connectivity index (χ1) is 12.6. The van der Waals surface area contributed by atoms with E-state index in [1.165, 1.54) is 0 Å². The molecule has 1 aliphatic rings. The fourth-order valence-corrected chi connectivity index (χ4v) is 3.00. The Morgan fingerprint density at radius 3 is 2.81 bits per heavy atom. The van der Waals surface area contributed by atoms with Gasteiger partial charge in [-0.3, -0.25) is 9.78 Å². The van der Waals surface area contributed by atoms with Gasteiger partial charge in [-0.15, -0.1) is 0 Å². The van der Waals surface area contributed by atoms with E-state index in [-0.39, 0.29) is 12.3 Å². The normalized spacial score (nSPS) is 15.0. The number of benzene rings is 1. The fourth-order valence-electron chi connectivity index (χ4n) is 3.00. The number of aliphatic hydroxyl groups is 1. The lowest BCUT2D eigenvalue weighted by molar-refractivity contribution is -0.122. The third kappa shape index (κ3) is 4.08. The van der Waals surface area contributed by atoms with Gasteiger partial charge in [0, 0.05) is 6.20 Å². The maximum Gasteiger partial charge on any atom is 0.226 e. The van der Waals surface area contributed by atoms with Crippen LogP contribution in [0.3, 0.4) is 0 Å². The molecule has 0 saturated heterocycles. The highest BCUT2D eigenvalue weighted by molar-refractivity contribution is 5.97. The van der Waals surface area contributed by atoms with E-state index >= 15 is 0 Å². The van der Waals surface area contributed by atoms with Crippen molar-refractivity contribution in [3.05, 3.63) is 65.0 Å². The molecule has 2 aromatic rings. The number of nitrogens with zero attached hydrogens (tertiary/aromatic N) is 2. The zero-order chi connectivity index (χ0) is 18.5. The van der Waals surface area contributed by atoms with E-state index in [4.69, 9.17) is 4.74 Å². The topological polar surface area (TPSA) is 83.8 Å². The molecule has 1 amide bonds. The van der Waals surface area contributed by atoms with Crippen molar-refractivity contribution in [3.63, 3.8) is 0 Å². The number of amides is 1. The Morgan fingerprint density at radius 1 is 1.35 bits per heavy atom. The Hall–Kier alpha value is -2.73. The summed E-state index contributed by atoms with van der Waals surface area (Å²) in [5.74, 6) is 0.431. The van der Waals surface area contributed by atoms with Gasteiger partial charge >= 0.3 is 0 Å². The molecule has 2 atom stereocenters. The molecule has 0 unspecified atom stereocenters. The number of fused-ring (bicyclic) bond motifs is 1. The molecule has 3 rings (SSSR count). The van der Waals surface area contributed by atoms with Crippen LogP contribution in [0, 0.1) is 0 Å². The summed E-state index contributed by atoms with van der Waals surface area (Å²) in [6.07, 6.45) is 1.16. The molecule has 2 N–H and O–H groups in total. The smallest absolute Gasteiger partial charge is 0.226 e. The molecule has 136 valence electrons. The lowest BCUT2D eigenvalue weighted by Crippen LogP contribution is -2.36. The van der Waals surface area contributed by atoms with Gasteiger partial charge < -0.3 is 15.2 Å². The van der Waals surface area contributed by atoms with Crippen LogP contribution in [-0.2, 0) is 22.5 Å². The SMILES string of the molecule is CCOC1=NCc2cc(CC(=O)N[C@@H](c3ccccc3)[C@@H](C)O)ncc21. The first-order valence-corrected chi connectivity index (χ1v) is 8.76. The molecule has 26 heavy (non-hydrogen) atoms. The number of hydrogen-bond acceptors (Lipinski definition) is 5. The molecule has 0 spiro atoms. The number of pyridine rings is 1. The molecule has 6 nitrogen and oxygen atoms in total. The lowest BCUT2D eigenvalue weighted by atomic mass is 10.0. The average Bonchev–Trinajstić information content (AvgIpc) is 3.03. The minimum absolute atomic E-state index is 0.146. The third-order valence-corrected chi connectivity index (χ3v) is 4.25. The fraction of sp³-hybridized carbons (Fsp3) is 0.350. The maximum atomic E-state index is 12.5. The van der Waals surface area contributed by atoms with Gasteiger partial charge in [-0.2, -0.15) is 0 Å². The van der Waals surface area contributed by atoms with E-state index in [1.54, 1.807) is 13.1 Å². The Labute approximate surface area is 153 Å². The number of ether oxygens (including phenoxy) is 1. The molecule has 1 aliphatic heterocycles. The van der Waals surface area contributed by atoms with Gasteiger partial charge in [0.1, 0.15) is 0 Å². The number of carbonyl (C=O) groups excluding carboxylic acids is 1. The van der Waals surface area contributed by atoms with Gasteiger partial charge in [0.25, 0.3) is 0 Å². The van der Waals surface area contributed by atoms with Crippen LogP contribution < -0.4 is 5.32 Å². The largest absolute Gasteiger partial charge is 0.478 e. The van der Waals surface area contributed by atoms with Crippen LogP contribution in [0.1, 0.15) is 42.3 Å². The zero-order valence-corrected chi connectivity index (χ0v) is 15.0. The van der Waals surface area contributed by atoms with Crippen molar-refractivity contribution in [1.82, 2.24) is 10.3 Å². The molecule has 6 heteroatoms. The van der Waals surface area contributed by atoms with E-state index in [1.807, 2.05) is 43.3 Å². The summed E-state index contributed by atoms with van der Waals surface area (Å²) in [4.78, 5) is 21.2. The maximum absolute atomic E-state index is 12.5. The summed E-state index contributed by atoms with van der Waals surface area (Å²) in [5.41, 5.74) is 3.45. The highest BCUT2D eigenvalue weighted by Gasteiger charge is 2.21. The number of hydrogen-bond donors (Lipinski definition) is 2. The second-order valence-electron chi connectivity index (χ2n) is 6.26. The molecule has 0 aliphatic carbocycles. The summed E-state index contributed by atoms with van der Waals surface area (Å²) in [7, 11) is 0. The van der Waals surface area contributed by atoms with Crippen molar-refractivity contribution >= 4 is 11.8 Å². The number of nitrogens with one attached hydrogen (secondary N) is 1. The third-order valence-electron chi connectivity index (χ3n) is 4.25. The van der Waals surface area contributed by atoms with Crippen molar-refractivity contribution in [2.24, 2.45) is 4.99 Å². The van der Waals surface area contributed by atoms with Gasteiger partial charge in [-0.05, 0) is 31.0 Å². The quantitative estimate of drug-likeness (QED) is 0.833. The minimum Gasteiger partial charge on any atom is -0.478 e. The second kappa shape index (κ2) is 8.10. The molecule has 2 heterocycles. The van der Waals surface area contributed by atoms with Crippen molar-refractivity contribution < 1.29 is 14.6 Å². The molecule has 0 saturated carbocycles. The van der Waals surface area contributed by atoms with E-state index in [2.05, 4.69) is 15.3 Å². The van der Waals surface area contributed by atoms with E-state index in [0.29, 0.717) is 24.7 Å². The standard InChI is InChI=1S/C20H23N3O3/c1-3-26-20-17-12-21-16(9-15(17)11-22-20)10-18(25)23-19(13(2)24)14-7-5-4-6-8-14/h4-9,12-13,19,24H,3,10-11H2,1-2H3,(H,23,25)/t13-,19-/m1/s1. The molecule has 1 aromatic heterocycles. The minimum atomic E-state index is -0.698. The Morgan fingerprint density at radius 2 is 2.12 bits per heavy atom. The average molecular weight is 353 g/mol. The highest BCUT2D eigenvalue weighted by atomic mass is 16.5. The van der Waals surface area contributed by atoms with Gasteiger partial charge in [0.05, 0.1) is 43.0 Å². The van der Waals surface area contributed by atoms with Crippen LogP contribution >= 0.6 is 0 Å². The van der Waals surface area contributed by atoms with Gasteiger partial charge in [0.2, 0.25) is 11.8 Å². The monoisotopic (exact) mass is 353 g/mol.